The summed E-state index contributed by atoms with van der Waals surface area (Å²) in [6.07, 6.45) is 4.35. The van der Waals surface area contributed by atoms with Crippen LogP contribution in [0.2, 0.25) is 0 Å². The van der Waals surface area contributed by atoms with Crippen molar-refractivity contribution in [1.29, 1.82) is 0 Å². The summed E-state index contributed by atoms with van der Waals surface area (Å²) in [6, 6.07) is 15.5. The van der Waals surface area contributed by atoms with Gasteiger partial charge in [-0.2, -0.15) is 0 Å². The topological polar surface area (TPSA) is 66.3 Å². The number of aromatic nitrogens is 1. The molecular weight excluding hydrogens is 364 g/mol. The molecule has 0 radical (unpaired) electrons. The van der Waals surface area contributed by atoms with Gasteiger partial charge in [-0.1, -0.05) is 24.3 Å². The van der Waals surface area contributed by atoms with E-state index in [4.69, 9.17) is 4.42 Å². The molecule has 1 saturated carbocycles. The fourth-order valence-corrected chi connectivity index (χ4v) is 5.50. The summed E-state index contributed by atoms with van der Waals surface area (Å²) in [6.45, 7) is 0.656. The minimum absolute atomic E-state index is 0.0108. The quantitative estimate of drug-likeness (QED) is 0.532. The Morgan fingerprint density at radius 1 is 1.14 bits per heavy atom. The smallest absolute Gasteiger partial charge is 0.274 e. The van der Waals surface area contributed by atoms with Gasteiger partial charge in [0.15, 0.2) is 5.78 Å². The van der Waals surface area contributed by atoms with E-state index in [1.165, 1.54) is 0 Å². The van der Waals surface area contributed by atoms with Gasteiger partial charge in [0.1, 0.15) is 11.3 Å². The van der Waals surface area contributed by atoms with E-state index in [1.807, 2.05) is 48.5 Å². The summed E-state index contributed by atoms with van der Waals surface area (Å²) < 4.78 is 5.47. The van der Waals surface area contributed by atoms with Crippen molar-refractivity contribution in [3.05, 3.63) is 83.4 Å². The standard InChI is InChI=1S/C24H16N2O3/c27-20-10-22-24(17-4-2-1-3-15(17)20)11-13(24)12-26(22)23(28)19-9-16-14-7-8-29-21(14)6-5-18(16)25-19/h1-10,13,25H,11-12H2/t13-,24-/m1/s1. The number of benzene rings is 2. The van der Waals surface area contributed by atoms with E-state index in [9.17, 15) is 9.59 Å². The number of piperidine rings is 1. The maximum atomic E-state index is 13.4. The molecule has 0 bridgehead atoms. The highest BCUT2D eigenvalue weighted by atomic mass is 16.3. The Hall–Kier alpha value is -3.60. The fourth-order valence-electron chi connectivity index (χ4n) is 5.50. The van der Waals surface area contributed by atoms with Crippen LogP contribution in [0, 0.1) is 5.92 Å². The number of carbonyl (C=O) groups is 2. The van der Waals surface area contributed by atoms with E-state index in [0.717, 1.165) is 45.1 Å². The number of nitrogens with one attached hydrogen (secondary N) is 1. The molecular formula is C24H16N2O3. The zero-order chi connectivity index (χ0) is 19.3. The van der Waals surface area contributed by atoms with Crippen molar-refractivity contribution in [1.82, 2.24) is 9.88 Å². The van der Waals surface area contributed by atoms with Crippen LogP contribution in [0.3, 0.4) is 0 Å². The number of ketones is 1. The summed E-state index contributed by atoms with van der Waals surface area (Å²) in [5.74, 6) is 0.295. The lowest BCUT2D eigenvalue weighted by Crippen LogP contribution is -2.33. The summed E-state index contributed by atoms with van der Waals surface area (Å²) in [5.41, 5.74) is 4.81. The van der Waals surface area contributed by atoms with Crippen molar-refractivity contribution in [2.24, 2.45) is 5.92 Å². The van der Waals surface area contributed by atoms with Crippen LogP contribution in [-0.4, -0.2) is 28.1 Å². The van der Waals surface area contributed by atoms with Crippen molar-refractivity contribution < 1.29 is 14.0 Å². The van der Waals surface area contributed by atoms with Gasteiger partial charge >= 0.3 is 0 Å². The van der Waals surface area contributed by atoms with Crippen LogP contribution in [0.15, 0.2) is 71.0 Å². The Bertz CT molecular complexity index is 1420. The van der Waals surface area contributed by atoms with Gasteiger partial charge in [0.05, 0.1) is 6.26 Å². The summed E-state index contributed by atoms with van der Waals surface area (Å²) in [4.78, 5) is 31.2. The number of likely N-dealkylation sites (tertiary alicyclic amines) is 1. The average Bonchev–Trinajstić information content (AvgIpc) is 3.11. The first-order valence-electron chi connectivity index (χ1n) is 9.83. The zero-order valence-electron chi connectivity index (χ0n) is 15.4. The molecule has 3 aliphatic rings. The second-order valence-corrected chi connectivity index (χ2v) is 8.27. The molecule has 7 rings (SSSR count). The highest BCUT2D eigenvalue weighted by molar-refractivity contribution is 6.11. The predicted octanol–water partition coefficient (Wildman–Crippen LogP) is 4.41. The molecule has 3 heterocycles. The maximum absolute atomic E-state index is 13.4. The zero-order valence-corrected chi connectivity index (χ0v) is 15.4. The predicted molar refractivity (Wildman–Crippen MR) is 108 cm³/mol. The van der Waals surface area contributed by atoms with Crippen LogP contribution < -0.4 is 0 Å². The molecule has 140 valence electrons. The minimum Gasteiger partial charge on any atom is -0.464 e. The van der Waals surface area contributed by atoms with Gasteiger partial charge < -0.3 is 14.3 Å². The Labute approximate surface area is 165 Å². The van der Waals surface area contributed by atoms with Gasteiger partial charge in [0.25, 0.3) is 5.91 Å². The van der Waals surface area contributed by atoms with Gasteiger partial charge in [-0.15, -0.1) is 0 Å². The second kappa shape index (κ2) is 4.87. The molecule has 2 atom stereocenters. The van der Waals surface area contributed by atoms with Gasteiger partial charge in [0, 0.05) is 45.6 Å². The van der Waals surface area contributed by atoms with E-state index in [-0.39, 0.29) is 17.1 Å². The molecule has 1 spiro atoms. The minimum atomic E-state index is -0.163. The molecule has 1 aliphatic heterocycles. The third kappa shape index (κ3) is 1.76. The average molecular weight is 380 g/mol. The molecule has 2 aromatic heterocycles. The third-order valence-electron chi connectivity index (χ3n) is 6.91. The molecule has 1 N–H and O–H groups in total. The van der Waals surface area contributed by atoms with Crippen LogP contribution in [0.4, 0.5) is 0 Å². The first-order chi connectivity index (χ1) is 14.2. The number of carbonyl (C=O) groups excluding carboxylic acids is 2. The number of rotatable bonds is 1. The molecule has 29 heavy (non-hydrogen) atoms. The number of aromatic amines is 1. The van der Waals surface area contributed by atoms with Crippen molar-refractivity contribution >= 4 is 33.6 Å². The number of nitrogens with zero attached hydrogens (tertiary/aromatic N) is 1. The van der Waals surface area contributed by atoms with Gasteiger partial charge in [0.2, 0.25) is 0 Å². The molecule has 4 aromatic rings. The Kier molecular flexibility index (Phi) is 2.57. The first kappa shape index (κ1) is 15.3. The Morgan fingerprint density at radius 2 is 2.03 bits per heavy atom. The molecule has 1 saturated heterocycles. The summed E-state index contributed by atoms with van der Waals surface area (Å²) >= 11 is 0. The number of fused-ring (bicyclic) bond motifs is 4. The SMILES string of the molecule is O=C1C=C2N(C(=O)c3cc4c(ccc5occc54)[nH]3)C[C@H]3C[C@@]23c2ccccc21. The van der Waals surface area contributed by atoms with Crippen LogP contribution in [0.25, 0.3) is 21.9 Å². The highest BCUT2D eigenvalue weighted by Gasteiger charge is 2.67. The largest absolute Gasteiger partial charge is 0.464 e. The molecule has 2 aromatic carbocycles. The van der Waals surface area contributed by atoms with Gasteiger partial charge in [-0.3, -0.25) is 9.59 Å². The number of hydrogen-bond acceptors (Lipinski definition) is 3. The second-order valence-electron chi connectivity index (χ2n) is 8.27. The monoisotopic (exact) mass is 380 g/mol. The van der Waals surface area contributed by atoms with Crippen molar-refractivity contribution in [2.45, 2.75) is 11.8 Å². The molecule has 5 nitrogen and oxygen atoms in total. The molecule has 5 heteroatoms. The van der Waals surface area contributed by atoms with Crippen LogP contribution in [-0.2, 0) is 5.41 Å². The number of amides is 1. The van der Waals surface area contributed by atoms with Crippen molar-refractivity contribution in [3.8, 4) is 0 Å². The Morgan fingerprint density at radius 3 is 2.97 bits per heavy atom. The van der Waals surface area contributed by atoms with E-state index < -0.39 is 0 Å². The maximum Gasteiger partial charge on any atom is 0.274 e. The van der Waals surface area contributed by atoms with Gasteiger partial charge in [-0.05, 0) is 42.2 Å². The van der Waals surface area contributed by atoms with E-state index in [2.05, 4.69) is 4.98 Å². The third-order valence-corrected chi connectivity index (χ3v) is 6.91. The number of hydrogen-bond donors (Lipinski definition) is 1. The van der Waals surface area contributed by atoms with E-state index in [1.54, 1.807) is 17.2 Å². The summed E-state index contributed by atoms with van der Waals surface area (Å²) in [7, 11) is 0. The molecule has 2 aliphatic carbocycles. The van der Waals surface area contributed by atoms with E-state index in [0.29, 0.717) is 18.2 Å². The van der Waals surface area contributed by atoms with Crippen LogP contribution in [0.5, 0.6) is 0 Å². The molecule has 1 amide bonds. The molecule has 2 fully saturated rings. The molecule has 0 unspecified atom stereocenters. The number of allylic oxidation sites excluding steroid dienone is 2. The van der Waals surface area contributed by atoms with Crippen molar-refractivity contribution in [3.63, 3.8) is 0 Å². The van der Waals surface area contributed by atoms with Crippen LogP contribution >= 0.6 is 0 Å². The normalized spacial score (nSPS) is 24.4. The lowest BCUT2D eigenvalue weighted by atomic mass is 9.81. The van der Waals surface area contributed by atoms with Crippen molar-refractivity contribution in [2.75, 3.05) is 6.54 Å². The number of furan rings is 1. The highest BCUT2D eigenvalue weighted by Crippen LogP contribution is 2.66. The Balaban J connectivity index is 1.34. The lowest BCUT2D eigenvalue weighted by molar-refractivity contribution is 0.0806. The summed E-state index contributed by atoms with van der Waals surface area (Å²) in [5, 5.41) is 1.96. The fraction of sp³-hybridized carbons (Fsp3) is 0.167. The van der Waals surface area contributed by atoms with E-state index >= 15 is 0 Å². The number of H-pyrrole nitrogens is 1. The van der Waals surface area contributed by atoms with Gasteiger partial charge in [-0.25, -0.2) is 0 Å². The van der Waals surface area contributed by atoms with Crippen LogP contribution in [0.1, 0.15) is 32.8 Å². The lowest BCUT2D eigenvalue weighted by Gasteiger charge is -2.29. The first-order valence-corrected chi connectivity index (χ1v) is 9.83.